The van der Waals surface area contributed by atoms with E-state index in [-0.39, 0.29) is 0 Å². The van der Waals surface area contributed by atoms with Crippen LogP contribution in [0.2, 0.25) is 0 Å². The largest absolute Gasteiger partial charge is 0.748 e. The molecule has 0 bridgehead atoms. The minimum absolute atomic E-state index is 0.563. The summed E-state index contributed by atoms with van der Waals surface area (Å²) in [6.07, 6.45) is 2.56. The summed E-state index contributed by atoms with van der Waals surface area (Å²) in [5, 5.41) is 0. The first-order valence-corrected chi connectivity index (χ1v) is 11.6. The monoisotopic (exact) mass is 467 g/mol. The number of rotatable bonds is 3. The summed E-state index contributed by atoms with van der Waals surface area (Å²) in [5.74, 6) is 1.13. The molecule has 3 aromatic rings. The quantitative estimate of drug-likeness (QED) is 0.358. The molecular formula is C26H35NOZr-6. The molecule has 1 aliphatic heterocycles. The molecule has 2 nitrogen and oxygen atoms in total. The zero-order valence-electron chi connectivity index (χ0n) is 18.3. The van der Waals surface area contributed by atoms with Crippen molar-refractivity contribution >= 4 is 5.69 Å². The first-order chi connectivity index (χ1) is 14.1. The Balaban J connectivity index is 0.000000226. The van der Waals surface area contributed by atoms with Gasteiger partial charge in [0.15, 0.2) is 0 Å². The first kappa shape index (κ1) is 25.6. The van der Waals surface area contributed by atoms with Gasteiger partial charge in [-0.25, -0.2) is 12.1 Å². The number of benzene rings is 1. The Hall–Kier alpha value is -1.44. The van der Waals surface area contributed by atoms with Gasteiger partial charge in [0.1, 0.15) is 0 Å². The molecule has 0 radical (unpaired) electrons. The molecular weight excluding hydrogens is 434 g/mol. The summed E-state index contributed by atoms with van der Waals surface area (Å²) in [6, 6.07) is 26.5. The molecule has 0 N–H and O–H groups in total. The second kappa shape index (κ2) is 16.4. The van der Waals surface area contributed by atoms with Gasteiger partial charge >= 0.3 is 102 Å². The van der Waals surface area contributed by atoms with E-state index in [1.54, 1.807) is 0 Å². The molecule has 3 aromatic carbocycles. The van der Waals surface area contributed by atoms with Gasteiger partial charge in [-0.1, -0.05) is 0 Å². The third kappa shape index (κ3) is 11.4. The van der Waals surface area contributed by atoms with Crippen molar-refractivity contribution in [2.45, 2.75) is 52.4 Å². The van der Waals surface area contributed by atoms with Crippen molar-refractivity contribution in [3.63, 3.8) is 0 Å². The number of nitrogens with zero attached hydrogens (tertiary/aromatic N) is 1. The fourth-order valence-corrected chi connectivity index (χ4v) is 3.43. The molecule has 0 spiro atoms. The summed E-state index contributed by atoms with van der Waals surface area (Å²) >= 11 is 1.24. The Bertz CT molecular complexity index is 632. The summed E-state index contributed by atoms with van der Waals surface area (Å²) in [6.45, 7) is 10.9. The van der Waals surface area contributed by atoms with Gasteiger partial charge in [0, 0.05) is 13.2 Å². The topological polar surface area (TPSA) is 21.6 Å². The van der Waals surface area contributed by atoms with Crippen molar-refractivity contribution in [3.8, 4) is 0 Å². The number of hydrogen-bond donors (Lipinski definition) is 0. The molecule has 160 valence electrons. The second-order valence-corrected chi connectivity index (χ2v) is 8.00. The minimum Gasteiger partial charge on any atom is -0.748 e. The molecule has 1 aliphatic rings. The molecule has 0 unspecified atom stereocenters. The molecule has 1 fully saturated rings. The van der Waals surface area contributed by atoms with E-state index >= 15 is 0 Å². The van der Waals surface area contributed by atoms with E-state index < -0.39 is 0 Å². The summed E-state index contributed by atoms with van der Waals surface area (Å²) in [7, 11) is 0. The average molecular weight is 469 g/mol. The Morgan fingerprint density at radius 2 is 1.24 bits per heavy atom. The van der Waals surface area contributed by atoms with Crippen LogP contribution in [-0.2, 0) is 29.3 Å². The van der Waals surface area contributed by atoms with Crippen molar-refractivity contribution in [3.05, 3.63) is 90.0 Å². The smallest absolute Gasteiger partial charge is 0.172 e. The SMILES string of the molecule is C1CCOC1.CC(C)c1cccc(C(C)C)c1[N]=[Zr].[cH-]1[cH-][cH-][cH-][cH-]1.c1cc[cH-]c1. The van der Waals surface area contributed by atoms with E-state index in [2.05, 4.69) is 48.8 Å². The Morgan fingerprint density at radius 3 is 1.48 bits per heavy atom. The first-order valence-electron chi connectivity index (χ1n) is 10.5. The van der Waals surface area contributed by atoms with E-state index in [0.717, 1.165) is 13.2 Å². The third-order valence-corrected chi connectivity index (χ3v) is 4.94. The van der Waals surface area contributed by atoms with Crippen LogP contribution in [0.1, 0.15) is 63.5 Å². The van der Waals surface area contributed by atoms with E-state index in [4.69, 9.17) is 4.74 Å². The summed E-state index contributed by atoms with van der Waals surface area (Å²) < 4.78 is 9.45. The molecule has 0 aliphatic carbocycles. The maximum Gasteiger partial charge on any atom is -0.172 e. The van der Waals surface area contributed by atoms with Gasteiger partial charge in [0.25, 0.3) is 0 Å². The van der Waals surface area contributed by atoms with Crippen LogP contribution in [0.3, 0.4) is 0 Å². The zero-order chi connectivity index (χ0) is 21.3. The zero-order valence-corrected chi connectivity index (χ0v) is 20.8. The van der Waals surface area contributed by atoms with Gasteiger partial charge in [-0.05, 0) is 12.8 Å². The van der Waals surface area contributed by atoms with Crippen LogP contribution in [0, 0.1) is 0 Å². The molecule has 0 atom stereocenters. The molecule has 0 amide bonds. The maximum absolute atomic E-state index is 4.94. The summed E-state index contributed by atoms with van der Waals surface area (Å²) in [4.78, 5) is 0. The van der Waals surface area contributed by atoms with Gasteiger partial charge in [-0.2, -0.15) is 18.2 Å². The van der Waals surface area contributed by atoms with Crippen molar-refractivity contribution in [1.29, 1.82) is 0 Å². The molecule has 29 heavy (non-hydrogen) atoms. The van der Waals surface area contributed by atoms with Gasteiger partial charge in [-0.3, -0.25) is 0 Å². The van der Waals surface area contributed by atoms with Crippen molar-refractivity contribution in [2.75, 3.05) is 13.2 Å². The fourth-order valence-electron chi connectivity index (χ4n) is 2.79. The van der Waals surface area contributed by atoms with Crippen molar-refractivity contribution in [2.24, 2.45) is 2.87 Å². The van der Waals surface area contributed by atoms with Crippen LogP contribution in [0.5, 0.6) is 0 Å². The van der Waals surface area contributed by atoms with E-state index in [1.165, 1.54) is 54.2 Å². The predicted molar refractivity (Wildman–Crippen MR) is 121 cm³/mol. The van der Waals surface area contributed by atoms with Gasteiger partial charge in [-0.15, -0.1) is 0 Å². The van der Waals surface area contributed by atoms with Crippen LogP contribution in [0.4, 0.5) is 5.69 Å². The van der Waals surface area contributed by atoms with Crippen LogP contribution >= 0.6 is 0 Å². The molecule has 4 rings (SSSR count). The Morgan fingerprint density at radius 1 is 0.793 bits per heavy atom. The molecule has 1 heterocycles. The van der Waals surface area contributed by atoms with Crippen molar-refractivity contribution in [1.82, 2.24) is 0 Å². The predicted octanol–water partition coefficient (Wildman–Crippen LogP) is 7.90. The van der Waals surface area contributed by atoms with Crippen LogP contribution in [-0.4, -0.2) is 13.2 Å². The molecule has 0 saturated carbocycles. The van der Waals surface area contributed by atoms with Crippen LogP contribution in [0.25, 0.3) is 0 Å². The van der Waals surface area contributed by atoms with Gasteiger partial charge in [0.2, 0.25) is 0 Å². The second-order valence-electron chi connectivity index (χ2n) is 7.45. The summed E-state index contributed by atoms with van der Waals surface area (Å²) in [5.41, 5.74) is 4.00. The molecule has 0 aromatic heterocycles. The molecule has 1 saturated heterocycles. The van der Waals surface area contributed by atoms with Gasteiger partial charge < -0.3 is 35.1 Å². The third-order valence-electron chi connectivity index (χ3n) is 4.39. The van der Waals surface area contributed by atoms with E-state index in [0.29, 0.717) is 11.8 Å². The maximum atomic E-state index is 4.94. The number of ether oxygens (including phenoxy) is 1. The Labute approximate surface area is 192 Å². The van der Waals surface area contributed by atoms with Crippen molar-refractivity contribution < 1.29 is 29.3 Å². The van der Waals surface area contributed by atoms with E-state index in [9.17, 15) is 0 Å². The Kier molecular flexibility index (Phi) is 14.5. The number of hydrogen-bond acceptors (Lipinski definition) is 2. The normalized spacial score (nSPS) is 12.2. The average Bonchev–Trinajstić information content (AvgIpc) is 3.52. The fraction of sp³-hybridized carbons (Fsp3) is 0.385. The van der Waals surface area contributed by atoms with Gasteiger partial charge in [0.05, 0.1) is 0 Å². The standard InChI is InChI=1S/C12H17N.2C5H5.C4H8O.Zr/c1-8(2)10-6-5-7-11(9(3)4)12(10)13;3*1-2-4-5-3-1;/h5-9H,1-4H3;2*1-5H;1-4H2;/q;-5;-1;;. The van der Waals surface area contributed by atoms with Crippen LogP contribution < -0.4 is 0 Å². The minimum atomic E-state index is 0.563. The van der Waals surface area contributed by atoms with Crippen LogP contribution in [0.15, 0.2) is 81.7 Å². The van der Waals surface area contributed by atoms with E-state index in [1.807, 2.05) is 60.7 Å². The molecule has 3 heteroatoms.